The summed E-state index contributed by atoms with van der Waals surface area (Å²) in [7, 11) is 0. The molecule has 5 nitrogen and oxygen atoms in total. The van der Waals surface area contributed by atoms with Gasteiger partial charge in [-0.2, -0.15) is 0 Å². The number of epoxide rings is 1. The van der Waals surface area contributed by atoms with Crippen LogP contribution in [0.1, 0.15) is 58.3 Å². The SMILES string of the molecule is CCCCCCCCCCSc1ncnc2c1ncn2CC1CO1. The average Bonchev–Trinajstić information content (AvgIpc) is 3.32. The first-order valence-corrected chi connectivity index (χ1v) is 10.3. The first-order valence-electron chi connectivity index (χ1n) is 9.28. The highest BCUT2D eigenvalue weighted by molar-refractivity contribution is 7.99. The number of nitrogens with zero attached hydrogens (tertiary/aromatic N) is 4. The summed E-state index contributed by atoms with van der Waals surface area (Å²) in [5, 5.41) is 1.01. The van der Waals surface area contributed by atoms with Crippen LogP contribution in [0, 0.1) is 0 Å². The molecule has 0 aromatic carbocycles. The quantitative estimate of drug-likeness (QED) is 0.245. The Balaban J connectivity index is 1.40. The Labute approximate surface area is 148 Å². The first kappa shape index (κ1) is 17.7. The van der Waals surface area contributed by atoms with Gasteiger partial charge in [-0.1, -0.05) is 51.9 Å². The van der Waals surface area contributed by atoms with Gasteiger partial charge in [0.15, 0.2) is 5.65 Å². The summed E-state index contributed by atoms with van der Waals surface area (Å²) >= 11 is 1.81. The van der Waals surface area contributed by atoms with Crippen LogP contribution in [0.4, 0.5) is 0 Å². The summed E-state index contributed by atoms with van der Waals surface area (Å²) in [6.07, 6.45) is 14.7. The Morgan fingerprint density at radius 2 is 1.83 bits per heavy atom. The molecular weight excluding hydrogens is 320 g/mol. The van der Waals surface area contributed by atoms with Crippen molar-refractivity contribution in [3.8, 4) is 0 Å². The fourth-order valence-electron chi connectivity index (χ4n) is 2.90. The molecule has 0 radical (unpaired) electrons. The highest BCUT2D eigenvalue weighted by Gasteiger charge is 2.24. The molecule has 2 aromatic heterocycles. The molecule has 0 spiro atoms. The molecule has 0 amide bonds. The van der Waals surface area contributed by atoms with Gasteiger partial charge in [0.2, 0.25) is 0 Å². The molecule has 6 heteroatoms. The fourth-order valence-corrected chi connectivity index (χ4v) is 3.84. The lowest BCUT2D eigenvalue weighted by Crippen LogP contribution is -2.03. The molecule has 3 heterocycles. The van der Waals surface area contributed by atoms with Crippen molar-refractivity contribution in [1.82, 2.24) is 19.5 Å². The predicted molar refractivity (Wildman–Crippen MR) is 98.4 cm³/mol. The summed E-state index contributed by atoms with van der Waals surface area (Å²) in [6.45, 7) is 3.96. The van der Waals surface area contributed by atoms with Crippen molar-refractivity contribution in [3.63, 3.8) is 0 Å². The number of imidazole rings is 1. The normalized spacial score (nSPS) is 16.8. The number of fused-ring (bicyclic) bond motifs is 1. The lowest BCUT2D eigenvalue weighted by Gasteiger charge is -2.03. The highest BCUT2D eigenvalue weighted by Crippen LogP contribution is 2.25. The number of ether oxygens (including phenoxy) is 1. The van der Waals surface area contributed by atoms with Crippen LogP contribution >= 0.6 is 11.8 Å². The van der Waals surface area contributed by atoms with E-state index in [-0.39, 0.29) is 0 Å². The molecule has 1 atom stereocenters. The Hall–Kier alpha value is -1.14. The van der Waals surface area contributed by atoms with Crippen LogP contribution in [0.5, 0.6) is 0 Å². The molecule has 0 bridgehead atoms. The van der Waals surface area contributed by atoms with E-state index >= 15 is 0 Å². The van der Waals surface area contributed by atoms with Gasteiger partial charge in [0.1, 0.15) is 16.9 Å². The number of thioether (sulfide) groups is 1. The van der Waals surface area contributed by atoms with E-state index in [1.807, 2.05) is 18.1 Å². The van der Waals surface area contributed by atoms with E-state index in [1.54, 1.807) is 6.33 Å². The molecule has 1 unspecified atom stereocenters. The average molecular weight is 349 g/mol. The number of rotatable bonds is 12. The van der Waals surface area contributed by atoms with Gasteiger partial charge < -0.3 is 9.30 Å². The van der Waals surface area contributed by atoms with Crippen molar-refractivity contribution in [3.05, 3.63) is 12.7 Å². The highest BCUT2D eigenvalue weighted by atomic mass is 32.2. The zero-order chi connectivity index (χ0) is 16.6. The van der Waals surface area contributed by atoms with Gasteiger partial charge in [-0.05, 0) is 12.2 Å². The third kappa shape index (κ3) is 5.18. The van der Waals surface area contributed by atoms with Crippen molar-refractivity contribution in [2.45, 2.75) is 76.0 Å². The van der Waals surface area contributed by atoms with Crippen LogP contribution in [0.15, 0.2) is 17.7 Å². The Morgan fingerprint density at radius 1 is 1.08 bits per heavy atom. The Morgan fingerprint density at radius 3 is 2.58 bits per heavy atom. The first-order chi connectivity index (χ1) is 11.9. The molecular formula is C18H28N4OS. The van der Waals surface area contributed by atoms with E-state index in [4.69, 9.17) is 4.74 Å². The maximum atomic E-state index is 5.30. The van der Waals surface area contributed by atoms with Gasteiger partial charge in [-0.25, -0.2) is 15.0 Å². The van der Waals surface area contributed by atoms with E-state index < -0.39 is 0 Å². The molecule has 0 N–H and O–H groups in total. The van der Waals surface area contributed by atoms with E-state index in [0.717, 1.165) is 35.1 Å². The molecule has 24 heavy (non-hydrogen) atoms. The third-order valence-electron chi connectivity index (χ3n) is 4.41. The maximum Gasteiger partial charge on any atom is 0.164 e. The van der Waals surface area contributed by atoms with E-state index in [9.17, 15) is 0 Å². The van der Waals surface area contributed by atoms with E-state index in [1.165, 1.54) is 51.4 Å². The largest absolute Gasteiger partial charge is 0.371 e. The Bertz CT molecular complexity index is 627. The van der Waals surface area contributed by atoms with Crippen LogP contribution in [0.2, 0.25) is 0 Å². The van der Waals surface area contributed by atoms with Crippen LogP contribution in [0.3, 0.4) is 0 Å². The minimum absolute atomic E-state index is 0.339. The van der Waals surface area contributed by atoms with Crippen molar-refractivity contribution in [2.75, 3.05) is 12.4 Å². The molecule has 1 saturated heterocycles. The lowest BCUT2D eigenvalue weighted by molar-refractivity contribution is 0.384. The van der Waals surface area contributed by atoms with Crippen molar-refractivity contribution >= 4 is 22.9 Å². The van der Waals surface area contributed by atoms with Crippen molar-refractivity contribution < 1.29 is 4.74 Å². The molecule has 3 rings (SSSR count). The van der Waals surface area contributed by atoms with Crippen molar-refractivity contribution in [2.24, 2.45) is 0 Å². The topological polar surface area (TPSA) is 56.1 Å². The second kappa shape index (κ2) is 9.37. The predicted octanol–water partition coefficient (Wildman–Crippen LogP) is 4.46. The van der Waals surface area contributed by atoms with Crippen LogP contribution in [0.25, 0.3) is 11.2 Å². The number of aromatic nitrogens is 4. The zero-order valence-corrected chi connectivity index (χ0v) is 15.4. The number of hydrogen-bond donors (Lipinski definition) is 0. The summed E-state index contributed by atoms with van der Waals surface area (Å²) in [6, 6.07) is 0. The van der Waals surface area contributed by atoms with Gasteiger partial charge in [0, 0.05) is 0 Å². The number of hydrogen-bond acceptors (Lipinski definition) is 5. The molecule has 2 aromatic rings. The molecule has 1 aliphatic rings. The van der Waals surface area contributed by atoms with E-state index in [0.29, 0.717) is 6.10 Å². The molecule has 0 aliphatic carbocycles. The number of unbranched alkanes of at least 4 members (excludes halogenated alkanes) is 7. The Kier molecular flexibility index (Phi) is 6.90. The smallest absolute Gasteiger partial charge is 0.164 e. The minimum atomic E-state index is 0.339. The lowest BCUT2D eigenvalue weighted by atomic mass is 10.1. The monoisotopic (exact) mass is 348 g/mol. The van der Waals surface area contributed by atoms with Crippen LogP contribution in [-0.4, -0.2) is 38.0 Å². The van der Waals surface area contributed by atoms with Gasteiger partial charge in [-0.3, -0.25) is 0 Å². The molecule has 132 valence electrons. The summed E-state index contributed by atoms with van der Waals surface area (Å²) in [5.74, 6) is 1.11. The van der Waals surface area contributed by atoms with Gasteiger partial charge in [0.05, 0.1) is 25.6 Å². The van der Waals surface area contributed by atoms with Crippen molar-refractivity contribution in [1.29, 1.82) is 0 Å². The summed E-state index contributed by atoms with van der Waals surface area (Å²) in [4.78, 5) is 13.3. The van der Waals surface area contributed by atoms with Crippen LogP contribution < -0.4 is 0 Å². The molecule has 0 saturated carbocycles. The second-order valence-corrected chi connectivity index (χ2v) is 7.61. The van der Waals surface area contributed by atoms with E-state index in [2.05, 4.69) is 26.4 Å². The standard InChI is InChI=1S/C18H28N4OS/c1-2-3-4-5-6-7-8-9-10-24-18-16-17(19-13-20-18)22(14-21-16)11-15-12-23-15/h13-15H,2-12H2,1H3. The zero-order valence-electron chi connectivity index (χ0n) is 14.6. The third-order valence-corrected chi connectivity index (χ3v) is 5.47. The van der Waals surface area contributed by atoms with Gasteiger partial charge in [0.25, 0.3) is 0 Å². The second-order valence-electron chi connectivity index (χ2n) is 6.53. The van der Waals surface area contributed by atoms with Crippen LogP contribution in [-0.2, 0) is 11.3 Å². The summed E-state index contributed by atoms with van der Waals surface area (Å²) in [5.41, 5.74) is 1.86. The molecule has 1 aliphatic heterocycles. The molecule has 1 fully saturated rings. The maximum absolute atomic E-state index is 5.30. The minimum Gasteiger partial charge on any atom is -0.371 e. The van der Waals surface area contributed by atoms with Gasteiger partial charge in [-0.15, -0.1) is 11.8 Å². The van der Waals surface area contributed by atoms with Gasteiger partial charge >= 0.3 is 0 Å². The summed E-state index contributed by atoms with van der Waals surface area (Å²) < 4.78 is 7.38. The fraction of sp³-hybridized carbons (Fsp3) is 0.722.